The average molecular weight is 441 g/mol. The molecule has 2 aliphatic heterocycles. The van der Waals surface area contributed by atoms with Crippen molar-refractivity contribution in [2.75, 3.05) is 25.0 Å². The van der Waals surface area contributed by atoms with Gasteiger partial charge in [0, 0.05) is 37.6 Å². The number of hydrogen-bond donors (Lipinski definition) is 1. The van der Waals surface area contributed by atoms with Crippen LogP contribution in [0.2, 0.25) is 0 Å². The first-order chi connectivity index (χ1) is 14.9. The Hall–Kier alpha value is -3.07. The van der Waals surface area contributed by atoms with Crippen molar-refractivity contribution in [2.24, 2.45) is 5.92 Å². The molecule has 1 unspecified atom stereocenters. The number of carbonyl (C=O) groups is 4. The van der Waals surface area contributed by atoms with Gasteiger partial charge in [-0.05, 0) is 38.3 Å². The number of aryl methyl sites for hydroxylation is 1. The van der Waals surface area contributed by atoms with Gasteiger partial charge in [0.1, 0.15) is 0 Å². The number of piperidine rings is 1. The van der Waals surface area contributed by atoms with E-state index >= 15 is 0 Å². The Kier molecular flexibility index (Phi) is 6.13. The second-order valence-electron chi connectivity index (χ2n) is 7.92. The van der Waals surface area contributed by atoms with Crippen LogP contribution in [0.5, 0.6) is 0 Å². The maximum atomic E-state index is 12.7. The molecule has 1 saturated heterocycles. The Bertz CT molecular complexity index is 1020. The van der Waals surface area contributed by atoms with E-state index in [1.54, 1.807) is 28.6 Å². The van der Waals surface area contributed by atoms with Crippen molar-refractivity contribution in [1.82, 2.24) is 14.8 Å². The fourth-order valence-corrected chi connectivity index (χ4v) is 4.60. The molecule has 4 amide bonds. The van der Waals surface area contributed by atoms with E-state index in [-0.39, 0.29) is 42.5 Å². The molecule has 0 aliphatic carbocycles. The first kappa shape index (κ1) is 21.2. The van der Waals surface area contributed by atoms with Crippen LogP contribution in [-0.4, -0.2) is 58.0 Å². The highest BCUT2D eigenvalue weighted by Gasteiger charge is 2.35. The highest BCUT2D eigenvalue weighted by Crippen LogP contribution is 2.25. The molecule has 1 aromatic heterocycles. The van der Waals surface area contributed by atoms with Crippen molar-refractivity contribution in [3.63, 3.8) is 0 Å². The number of imide groups is 1. The summed E-state index contributed by atoms with van der Waals surface area (Å²) in [6.45, 7) is 3.08. The summed E-state index contributed by atoms with van der Waals surface area (Å²) >= 11 is 1.36. The number of nitrogens with zero attached hydrogens (tertiary/aromatic N) is 3. The second-order valence-corrected chi connectivity index (χ2v) is 8.81. The molecule has 0 radical (unpaired) electrons. The number of benzene rings is 1. The van der Waals surface area contributed by atoms with E-state index in [1.807, 2.05) is 13.0 Å². The molecule has 3 heterocycles. The Labute approximate surface area is 184 Å². The summed E-state index contributed by atoms with van der Waals surface area (Å²) in [5, 5.41) is 5.16. The zero-order chi connectivity index (χ0) is 22.0. The number of amides is 4. The number of thiazole rings is 1. The van der Waals surface area contributed by atoms with Crippen molar-refractivity contribution in [2.45, 2.75) is 32.6 Å². The third-order valence-electron chi connectivity index (χ3n) is 5.71. The number of nitrogens with one attached hydrogen (secondary N) is 1. The van der Waals surface area contributed by atoms with Gasteiger partial charge in [-0.25, -0.2) is 4.98 Å². The molecule has 2 aromatic rings. The second kappa shape index (κ2) is 8.97. The van der Waals surface area contributed by atoms with Gasteiger partial charge in [0.05, 0.1) is 17.0 Å². The van der Waals surface area contributed by atoms with E-state index in [0.717, 1.165) is 18.4 Å². The van der Waals surface area contributed by atoms with E-state index in [1.165, 1.54) is 16.2 Å². The highest BCUT2D eigenvalue weighted by atomic mass is 32.1. The zero-order valence-corrected chi connectivity index (χ0v) is 18.1. The Balaban J connectivity index is 1.27. The number of carbonyl (C=O) groups excluding carboxylic acids is 4. The quantitative estimate of drug-likeness (QED) is 0.696. The lowest BCUT2D eigenvalue weighted by Gasteiger charge is -2.32. The maximum absolute atomic E-state index is 12.7. The predicted molar refractivity (Wildman–Crippen MR) is 116 cm³/mol. The number of aromatic nitrogens is 1. The van der Waals surface area contributed by atoms with Gasteiger partial charge >= 0.3 is 0 Å². The van der Waals surface area contributed by atoms with E-state index in [2.05, 4.69) is 10.3 Å². The van der Waals surface area contributed by atoms with Crippen molar-refractivity contribution in [1.29, 1.82) is 0 Å². The molecule has 1 fully saturated rings. The number of fused-ring (bicyclic) bond motifs is 1. The molecule has 0 bridgehead atoms. The molecule has 0 saturated carbocycles. The van der Waals surface area contributed by atoms with E-state index in [4.69, 9.17) is 0 Å². The van der Waals surface area contributed by atoms with Crippen LogP contribution in [0.25, 0.3) is 0 Å². The first-order valence-electron chi connectivity index (χ1n) is 10.4. The van der Waals surface area contributed by atoms with Crippen molar-refractivity contribution in [3.8, 4) is 0 Å². The lowest BCUT2D eigenvalue weighted by atomic mass is 9.97. The minimum Gasteiger partial charge on any atom is -0.342 e. The monoisotopic (exact) mass is 440 g/mol. The Morgan fingerprint density at radius 2 is 2.03 bits per heavy atom. The van der Waals surface area contributed by atoms with E-state index in [9.17, 15) is 19.2 Å². The van der Waals surface area contributed by atoms with Gasteiger partial charge in [-0.3, -0.25) is 24.1 Å². The van der Waals surface area contributed by atoms with Crippen LogP contribution < -0.4 is 5.32 Å². The first-order valence-corrected chi connectivity index (χ1v) is 11.3. The van der Waals surface area contributed by atoms with Crippen LogP contribution in [0.15, 0.2) is 29.8 Å². The van der Waals surface area contributed by atoms with Crippen LogP contribution in [-0.2, 0) is 9.59 Å². The summed E-state index contributed by atoms with van der Waals surface area (Å²) in [7, 11) is 0. The lowest BCUT2D eigenvalue weighted by molar-refractivity contribution is -0.134. The van der Waals surface area contributed by atoms with Crippen molar-refractivity contribution < 1.29 is 19.2 Å². The number of anilines is 1. The molecule has 31 heavy (non-hydrogen) atoms. The highest BCUT2D eigenvalue weighted by molar-refractivity contribution is 7.13. The van der Waals surface area contributed by atoms with Gasteiger partial charge in [0.15, 0.2) is 5.13 Å². The molecule has 8 nitrogen and oxygen atoms in total. The van der Waals surface area contributed by atoms with Crippen LogP contribution in [0.1, 0.15) is 52.0 Å². The van der Waals surface area contributed by atoms with Crippen LogP contribution in [0.4, 0.5) is 5.13 Å². The zero-order valence-electron chi connectivity index (χ0n) is 17.3. The lowest BCUT2D eigenvalue weighted by Crippen LogP contribution is -2.44. The molecule has 9 heteroatoms. The van der Waals surface area contributed by atoms with E-state index < -0.39 is 0 Å². The van der Waals surface area contributed by atoms with E-state index in [0.29, 0.717) is 35.8 Å². The fourth-order valence-electron chi connectivity index (χ4n) is 4.06. The van der Waals surface area contributed by atoms with Gasteiger partial charge in [0.25, 0.3) is 11.8 Å². The summed E-state index contributed by atoms with van der Waals surface area (Å²) in [6, 6.07) is 5.22. The summed E-state index contributed by atoms with van der Waals surface area (Å²) in [4.78, 5) is 57.2. The fraction of sp³-hybridized carbons (Fsp3) is 0.409. The van der Waals surface area contributed by atoms with Gasteiger partial charge in [-0.15, -0.1) is 11.3 Å². The smallest absolute Gasteiger partial charge is 0.261 e. The Morgan fingerprint density at radius 1 is 1.23 bits per heavy atom. The molecule has 2 aliphatic rings. The minimum absolute atomic E-state index is 0.0563. The van der Waals surface area contributed by atoms with Crippen LogP contribution >= 0.6 is 11.3 Å². The molecule has 0 spiro atoms. The molecule has 1 N–H and O–H groups in total. The molecule has 1 aromatic carbocycles. The summed E-state index contributed by atoms with van der Waals surface area (Å²) < 4.78 is 0. The number of rotatable bonds is 6. The van der Waals surface area contributed by atoms with Gasteiger partial charge < -0.3 is 10.2 Å². The van der Waals surface area contributed by atoms with Crippen LogP contribution in [0, 0.1) is 12.8 Å². The molecule has 4 rings (SSSR count). The normalized spacial score (nSPS) is 18.3. The minimum atomic E-state index is -0.302. The average Bonchev–Trinajstić information content (AvgIpc) is 3.36. The number of likely N-dealkylation sites (tertiary alicyclic amines) is 1. The van der Waals surface area contributed by atoms with Crippen molar-refractivity contribution in [3.05, 3.63) is 46.5 Å². The maximum Gasteiger partial charge on any atom is 0.261 e. The molecule has 1 atom stereocenters. The van der Waals surface area contributed by atoms with Crippen LogP contribution in [0.3, 0.4) is 0 Å². The SMILES string of the molecule is Cc1ccc2c(c1)C(=O)N(CCCC(=O)N1CCCC(C(=O)Nc3nccs3)C1)C2=O. The summed E-state index contributed by atoms with van der Waals surface area (Å²) in [6.07, 6.45) is 3.75. The van der Waals surface area contributed by atoms with Gasteiger partial charge in [0.2, 0.25) is 11.8 Å². The van der Waals surface area contributed by atoms with Crippen molar-refractivity contribution >= 4 is 40.1 Å². The number of hydrogen-bond acceptors (Lipinski definition) is 6. The molecule has 162 valence electrons. The molecular weight excluding hydrogens is 416 g/mol. The van der Waals surface area contributed by atoms with Gasteiger partial charge in [-0.1, -0.05) is 11.6 Å². The largest absolute Gasteiger partial charge is 0.342 e. The van der Waals surface area contributed by atoms with Gasteiger partial charge in [-0.2, -0.15) is 0 Å². The predicted octanol–water partition coefficient (Wildman–Crippen LogP) is 2.71. The Morgan fingerprint density at radius 3 is 2.81 bits per heavy atom. The molecular formula is C22H24N4O4S. The summed E-state index contributed by atoms with van der Waals surface area (Å²) in [5.74, 6) is -1.04. The third kappa shape index (κ3) is 4.51. The summed E-state index contributed by atoms with van der Waals surface area (Å²) in [5.41, 5.74) is 1.78. The topological polar surface area (TPSA) is 99.7 Å². The standard InChI is InChI=1S/C22H24N4O4S/c1-14-6-7-16-17(12-14)21(30)26(20(16)29)10-3-5-18(27)25-9-2-4-15(13-25)19(28)24-22-23-8-11-31-22/h6-8,11-12,15H,2-5,9-10,13H2,1H3,(H,23,24,28). The third-order valence-corrected chi connectivity index (χ3v) is 6.39.